The SMILES string of the molecule is COc1cn(CC(=O)Nc2ccc(Br)cc2)c(C)cc1=O. The fourth-order valence-corrected chi connectivity index (χ4v) is 2.13. The first kappa shape index (κ1) is 15.3. The lowest BCUT2D eigenvalue weighted by molar-refractivity contribution is -0.116. The molecule has 110 valence electrons. The van der Waals surface area contributed by atoms with Gasteiger partial charge in [-0.1, -0.05) is 15.9 Å². The molecule has 0 radical (unpaired) electrons. The van der Waals surface area contributed by atoms with E-state index < -0.39 is 0 Å². The van der Waals surface area contributed by atoms with Crippen LogP contribution in [0.3, 0.4) is 0 Å². The van der Waals surface area contributed by atoms with Gasteiger partial charge < -0.3 is 14.6 Å². The summed E-state index contributed by atoms with van der Waals surface area (Å²) in [6.45, 7) is 1.88. The van der Waals surface area contributed by atoms with Crippen molar-refractivity contribution in [3.8, 4) is 5.75 Å². The average Bonchev–Trinajstić information content (AvgIpc) is 2.44. The number of pyridine rings is 1. The number of carbonyl (C=O) groups is 1. The van der Waals surface area contributed by atoms with Gasteiger partial charge in [-0.15, -0.1) is 0 Å². The molecule has 5 nitrogen and oxygen atoms in total. The number of benzene rings is 1. The van der Waals surface area contributed by atoms with Crippen molar-refractivity contribution in [1.29, 1.82) is 0 Å². The highest BCUT2D eigenvalue weighted by atomic mass is 79.9. The number of anilines is 1. The van der Waals surface area contributed by atoms with Crippen molar-refractivity contribution in [3.05, 3.63) is 56.9 Å². The van der Waals surface area contributed by atoms with E-state index in [4.69, 9.17) is 4.74 Å². The van der Waals surface area contributed by atoms with Gasteiger partial charge in [-0.3, -0.25) is 9.59 Å². The highest BCUT2D eigenvalue weighted by Crippen LogP contribution is 2.14. The Kier molecular flexibility index (Phi) is 4.80. The number of methoxy groups -OCH3 is 1. The largest absolute Gasteiger partial charge is 0.491 e. The van der Waals surface area contributed by atoms with Crippen LogP contribution in [-0.2, 0) is 11.3 Å². The highest BCUT2D eigenvalue weighted by molar-refractivity contribution is 9.10. The molecule has 0 atom stereocenters. The number of hydrogen-bond acceptors (Lipinski definition) is 3. The summed E-state index contributed by atoms with van der Waals surface area (Å²) in [6, 6.07) is 8.76. The van der Waals surface area contributed by atoms with E-state index in [0.29, 0.717) is 11.4 Å². The number of hydrogen-bond donors (Lipinski definition) is 1. The summed E-state index contributed by atoms with van der Waals surface area (Å²) in [7, 11) is 1.43. The lowest BCUT2D eigenvalue weighted by Crippen LogP contribution is -2.21. The monoisotopic (exact) mass is 350 g/mol. The van der Waals surface area contributed by atoms with Gasteiger partial charge in [0.1, 0.15) is 6.54 Å². The number of nitrogens with zero attached hydrogens (tertiary/aromatic N) is 1. The summed E-state index contributed by atoms with van der Waals surface area (Å²) in [5, 5.41) is 2.80. The van der Waals surface area contributed by atoms with Crippen LogP contribution in [0.1, 0.15) is 5.69 Å². The molecule has 0 aliphatic carbocycles. The molecule has 0 saturated heterocycles. The zero-order valence-electron chi connectivity index (χ0n) is 11.7. The minimum absolute atomic E-state index is 0.110. The van der Waals surface area contributed by atoms with Crippen molar-refractivity contribution in [2.75, 3.05) is 12.4 Å². The van der Waals surface area contributed by atoms with Gasteiger partial charge in [-0.2, -0.15) is 0 Å². The number of aryl methyl sites for hydroxylation is 1. The van der Waals surface area contributed by atoms with Crippen molar-refractivity contribution < 1.29 is 9.53 Å². The molecule has 1 aromatic heterocycles. The Morgan fingerprint density at radius 1 is 1.33 bits per heavy atom. The van der Waals surface area contributed by atoms with Crippen molar-refractivity contribution in [2.24, 2.45) is 0 Å². The minimum Gasteiger partial charge on any atom is -0.491 e. The number of rotatable bonds is 4. The molecule has 0 aliphatic heterocycles. The fraction of sp³-hybridized carbons (Fsp3) is 0.200. The lowest BCUT2D eigenvalue weighted by atomic mass is 10.3. The van der Waals surface area contributed by atoms with E-state index in [1.54, 1.807) is 29.8 Å². The van der Waals surface area contributed by atoms with Crippen LogP contribution in [0.25, 0.3) is 0 Å². The number of nitrogens with one attached hydrogen (secondary N) is 1. The number of aromatic nitrogens is 1. The van der Waals surface area contributed by atoms with Crippen LogP contribution in [0.4, 0.5) is 5.69 Å². The van der Waals surface area contributed by atoms with E-state index in [1.165, 1.54) is 13.2 Å². The third-order valence-corrected chi connectivity index (χ3v) is 3.50. The Morgan fingerprint density at radius 2 is 2.00 bits per heavy atom. The fourth-order valence-electron chi connectivity index (χ4n) is 1.86. The Morgan fingerprint density at radius 3 is 2.62 bits per heavy atom. The predicted octanol–water partition coefficient (Wildman–Crippen LogP) is 2.57. The van der Waals surface area contributed by atoms with E-state index in [2.05, 4.69) is 21.2 Å². The summed E-state index contributed by atoms with van der Waals surface area (Å²) in [4.78, 5) is 23.6. The molecule has 1 amide bonds. The van der Waals surface area contributed by atoms with Crippen LogP contribution in [0.15, 0.2) is 45.8 Å². The van der Waals surface area contributed by atoms with Crippen molar-refractivity contribution in [3.63, 3.8) is 0 Å². The molecule has 0 spiro atoms. The summed E-state index contributed by atoms with van der Waals surface area (Å²) >= 11 is 3.34. The van der Waals surface area contributed by atoms with Gasteiger partial charge in [0.05, 0.1) is 13.3 Å². The quantitative estimate of drug-likeness (QED) is 0.921. The summed E-state index contributed by atoms with van der Waals surface area (Å²) < 4.78 is 7.60. The second kappa shape index (κ2) is 6.58. The van der Waals surface area contributed by atoms with Crippen molar-refractivity contribution in [2.45, 2.75) is 13.5 Å². The molecular formula is C15H15BrN2O3. The van der Waals surface area contributed by atoms with Crippen LogP contribution in [-0.4, -0.2) is 17.6 Å². The Balaban J connectivity index is 2.12. The zero-order valence-corrected chi connectivity index (χ0v) is 13.3. The van der Waals surface area contributed by atoms with E-state index >= 15 is 0 Å². The standard InChI is InChI=1S/C15H15BrN2O3/c1-10-7-13(19)14(21-2)8-18(10)9-15(20)17-12-5-3-11(16)4-6-12/h3-8H,9H2,1-2H3,(H,17,20). The summed E-state index contributed by atoms with van der Waals surface area (Å²) in [5.41, 5.74) is 1.22. The van der Waals surface area contributed by atoms with E-state index in [-0.39, 0.29) is 23.6 Å². The number of amides is 1. The van der Waals surface area contributed by atoms with Gasteiger partial charge in [0, 0.05) is 21.9 Å². The van der Waals surface area contributed by atoms with Crippen LogP contribution in [0.5, 0.6) is 5.75 Å². The van der Waals surface area contributed by atoms with Crippen LogP contribution in [0, 0.1) is 6.92 Å². The van der Waals surface area contributed by atoms with Gasteiger partial charge in [0.15, 0.2) is 5.75 Å². The number of halogens is 1. The molecule has 1 heterocycles. The molecule has 21 heavy (non-hydrogen) atoms. The summed E-state index contributed by atoms with van der Waals surface area (Å²) in [6.07, 6.45) is 1.54. The molecule has 0 fully saturated rings. The molecular weight excluding hydrogens is 336 g/mol. The topological polar surface area (TPSA) is 60.3 Å². The number of ether oxygens (including phenoxy) is 1. The van der Waals surface area contributed by atoms with Crippen LogP contribution < -0.4 is 15.5 Å². The van der Waals surface area contributed by atoms with Gasteiger partial charge in [-0.05, 0) is 31.2 Å². The molecule has 1 aromatic carbocycles. The molecule has 0 unspecified atom stereocenters. The minimum atomic E-state index is -0.195. The molecule has 2 rings (SSSR count). The molecule has 2 aromatic rings. The van der Waals surface area contributed by atoms with Crippen molar-refractivity contribution >= 4 is 27.5 Å². The first-order chi connectivity index (χ1) is 9.99. The van der Waals surface area contributed by atoms with Crippen molar-refractivity contribution in [1.82, 2.24) is 4.57 Å². The molecule has 0 bridgehead atoms. The maximum Gasteiger partial charge on any atom is 0.244 e. The van der Waals surface area contributed by atoms with E-state index in [1.807, 2.05) is 12.1 Å². The Bertz CT molecular complexity index is 708. The number of carbonyl (C=O) groups excluding carboxylic acids is 1. The maximum atomic E-state index is 12.0. The third-order valence-electron chi connectivity index (χ3n) is 2.97. The first-order valence-electron chi connectivity index (χ1n) is 6.30. The van der Waals surface area contributed by atoms with E-state index in [9.17, 15) is 9.59 Å². The van der Waals surface area contributed by atoms with Gasteiger partial charge >= 0.3 is 0 Å². The van der Waals surface area contributed by atoms with Crippen LogP contribution in [0.2, 0.25) is 0 Å². The van der Waals surface area contributed by atoms with Crippen LogP contribution >= 0.6 is 15.9 Å². The average molecular weight is 351 g/mol. The van der Waals surface area contributed by atoms with Gasteiger partial charge in [0.2, 0.25) is 11.3 Å². The molecule has 0 aliphatic rings. The highest BCUT2D eigenvalue weighted by Gasteiger charge is 2.08. The third kappa shape index (κ3) is 3.95. The van der Waals surface area contributed by atoms with Gasteiger partial charge in [-0.25, -0.2) is 0 Å². The van der Waals surface area contributed by atoms with E-state index in [0.717, 1.165) is 4.47 Å². The maximum absolute atomic E-state index is 12.0. The second-order valence-electron chi connectivity index (χ2n) is 4.53. The first-order valence-corrected chi connectivity index (χ1v) is 7.09. The lowest BCUT2D eigenvalue weighted by Gasteiger charge is -2.12. The summed E-state index contributed by atoms with van der Waals surface area (Å²) in [5.74, 6) is 0.0446. The molecule has 1 N–H and O–H groups in total. The Hall–Kier alpha value is -2.08. The smallest absolute Gasteiger partial charge is 0.244 e. The second-order valence-corrected chi connectivity index (χ2v) is 5.45. The van der Waals surface area contributed by atoms with Gasteiger partial charge in [0.25, 0.3) is 0 Å². The Labute approximate surface area is 130 Å². The molecule has 0 saturated carbocycles. The molecule has 6 heteroatoms. The normalized spacial score (nSPS) is 10.2. The zero-order chi connectivity index (χ0) is 15.4. The predicted molar refractivity (Wildman–Crippen MR) is 84.8 cm³/mol.